The van der Waals surface area contributed by atoms with E-state index in [-0.39, 0.29) is 11.5 Å². The van der Waals surface area contributed by atoms with Gasteiger partial charge in [-0.1, -0.05) is 18.9 Å². The van der Waals surface area contributed by atoms with Gasteiger partial charge in [-0.2, -0.15) is 0 Å². The van der Waals surface area contributed by atoms with E-state index in [4.69, 9.17) is 5.11 Å². The third-order valence-electron chi connectivity index (χ3n) is 2.96. The van der Waals surface area contributed by atoms with Gasteiger partial charge < -0.3 is 15.3 Å². The van der Waals surface area contributed by atoms with Crippen LogP contribution in [0.1, 0.15) is 37.2 Å². The molecule has 76 valence electrons. The van der Waals surface area contributed by atoms with Crippen molar-refractivity contribution in [2.45, 2.75) is 31.6 Å². The first kappa shape index (κ1) is 9.19. The molecule has 0 unspecified atom stereocenters. The van der Waals surface area contributed by atoms with Crippen LogP contribution in [0.3, 0.4) is 0 Å². The number of hydrogen-bond donors (Lipinski definition) is 3. The number of aromatic hydroxyl groups is 3. The molecule has 0 saturated heterocycles. The zero-order valence-electron chi connectivity index (χ0n) is 7.90. The summed E-state index contributed by atoms with van der Waals surface area (Å²) in [5, 5.41) is 28.1. The van der Waals surface area contributed by atoms with Crippen molar-refractivity contribution in [3.8, 4) is 17.2 Å². The Bertz CT molecular complexity index is 341. The Labute approximate surface area is 82.6 Å². The van der Waals surface area contributed by atoms with E-state index in [2.05, 4.69) is 0 Å². The summed E-state index contributed by atoms with van der Waals surface area (Å²) in [5.41, 5.74) is 0.762. The van der Waals surface area contributed by atoms with Crippen molar-refractivity contribution in [1.82, 2.24) is 0 Å². The highest BCUT2D eigenvalue weighted by Gasteiger charge is 2.22. The summed E-state index contributed by atoms with van der Waals surface area (Å²) in [7, 11) is 0. The lowest BCUT2D eigenvalue weighted by molar-refractivity contribution is 0.363. The second-order valence-corrected chi connectivity index (χ2v) is 3.85. The largest absolute Gasteiger partial charge is 0.504 e. The Kier molecular flexibility index (Phi) is 2.23. The summed E-state index contributed by atoms with van der Waals surface area (Å²) in [5.74, 6) is -0.475. The maximum atomic E-state index is 9.63. The Hall–Kier alpha value is -1.38. The number of benzene rings is 1. The molecule has 1 aliphatic carbocycles. The molecule has 3 heteroatoms. The predicted octanol–water partition coefficient (Wildman–Crippen LogP) is 2.46. The van der Waals surface area contributed by atoms with Crippen LogP contribution < -0.4 is 0 Å². The molecule has 0 aromatic heterocycles. The summed E-state index contributed by atoms with van der Waals surface area (Å²) >= 11 is 0. The van der Waals surface area contributed by atoms with Crippen molar-refractivity contribution in [2.75, 3.05) is 0 Å². The van der Waals surface area contributed by atoms with Crippen molar-refractivity contribution >= 4 is 0 Å². The van der Waals surface area contributed by atoms with Crippen LogP contribution in [-0.4, -0.2) is 15.3 Å². The first-order chi connectivity index (χ1) is 6.70. The molecule has 0 bridgehead atoms. The maximum absolute atomic E-state index is 9.63. The third-order valence-corrected chi connectivity index (χ3v) is 2.96. The fourth-order valence-electron chi connectivity index (χ4n) is 2.15. The molecule has 1 fully saturated rings. The molecule has 3 N–H and O–H groups in total. The van der Waals surface area contributed by atoms with E-state index >= 15 is 0 Å². The monoisotopic (exact) mass is 194 g/mol. The number of hydrogen-bond acceptors (Lipinski definition) is 3. The normalized spacial score (nSPS) is 17.4. The minimum atomic E-state index is -0.394. The molecule has 3 nitrogen and oxygen atoms in total. The topological polar surface area (TPSA) is 60.7 Å². The van der Waals surface area contributed by atoms with Gasteiger partial charge in [0.15, 0.2) is 11.5 Å². The number of phenolic OH excluding ortho intramolecular Hbond substituents is 3. The standard InChI is InChI=1S/C11H14O3/c12-9-6-5-8(10(13)11(9)14)7-3-1-2-4-7/h5-7,12-14H,1-4H2. The van der Waals surface area contributed by atoms with Crippen LogP contribution in [0.15, 0.2) is 12.1 Å². The quantitative estimate of drug-likeness (QED) is 0.602. The van der Waals surface area contributed by atoms with E-state index in [9.17, 15) is 10.2 Å². The van der Waals surface area contributed by atoms with Crippen molar-refractivity contribution in [2.24, 2.45) is 0 Å². The lowest BCUT2D eigenvalue weighted by Gasteiger charge is -2.12. The third kappa shape index (κ3) is 1.39. The SMILES string of the molecule is Oc1ccc(C2CCCC2)c(O)c1O. The van der Waals surface area contributed by atoms with Gasteiger partial charge in [-0.15, -0.1) is 0 Å². The van der Waals surface area contributed by atoms with Crippen molar-refractivity contribution in [3.63, 3.8) is 0 Å². The van der Waals surface area contributed by atoms with Gasteiger partial charge in [0.05, 0.1) is 0 Å². The molecule has 1 aromatic carbocycles. The van der Waals surface area contributed by atoms with Gasteiger partial charge in [-0.25, -0.2) is 0 Å². The second kappa shape index (κ2) is 3.40. The first-order valence-corrected chi connectivity index (χ1v) is 4.94. The molecule has 1 aliphatic rings. The first-order valence-electron chi connectivity index (χ1n) is 4.94. The van der Waals surface area contributed by atoms with E-state index in [0.29, 0.717) is 5.92 Å². The fourth-order valence-corrected chi connectivity index (χ4v) is 2.15. The summed E-state index contributed by atoms with van der Waals surface area (Å²) in [6.07, 6.45) is 4.45. The molecule has 1 saturated carbocycles. The molecule has 0 amide bonds. The summed E-state index contributed by atoms with van der Waals surface area (Å²) in [6.45, 7) is 0. The summed E-state index contributed by atoms with van der Waals surface area (Å²) in [6, 6.07) is 3.13. The Morgan fingerprint density at radius 1 is 0.929 bits per heavy atom. The van der Waals surface area contributed by atoms with Crippen LogP contribution in [0.2, 0.25) is 0 Å². The van der Waals surface area contributed by atoms with E-state index in [0.717, 1.165) is 18.4 Å². The lowest BCUT2D eigenvalue weighted by Crippen LogP contribution is -1.92. The zero-order valence-corrected chi connectivity index (χ0v) is 7.90. The Balaban J connectivity index is 2.38. The van der Waals surface area contributed by atoms with E-state index in [1.54, 1.807) is 6.07 Å². The molecule has 0 aliphatic heterocycles. The summed E-state index contributed by atoms with van der Waals surface area (Å²) < 4.78 is 0. The molecular formula is C11H14O3. The van der Waals surface area contributed by atoms with E-state index in [1.807, 2.05) is 0 Å². The molecule has 2 rings (SSSR count). The van der Waals surface area contributed by atoms with Gasteiger partial charge >= 0.3 is 0 Å². The van der Waals surface area contributed by atoms with Gasteiger partial charge in [0.2, 0.25) is 5.75 Å². The van der Waals surface area contributed by atoms with Crippen LogP contribution >= 0.6 is 0 Å². The smallest absolute Gasteiger partial charge is 0.200 e. The molecule has 0 atom stereocenters. The van der Waals surface area contributed by atoms with Crippen molar-refractivity contribution in [3.05, 3.63) is 17.7 Å². The van der Waals surface area contributed by atoms with Crippen LogP contribution in [0.25, 0.3) is 0 Å². The molecule has 0 heterocycles. The molecule has 1 aromatic rings. The molecular weight excluding hydrogens is 180 g/mol. The minimum Gasteiger partial charge on any atom is -0.504 e. The van der Waals surface area contributed by atoms with Gasteiger partial charge in [-0.3, -0.25) is 0 Å². The van der Waals surface area contributed by atoms with E-state index in [1.165, 1.54) is 18.9 Å². The van der Waals surface area contributed by atoms with Crippen LogP contribution in [0.5, 0.6) is 17.2 Å². The van der Waals surface area contributed by atoms with Gasteiger partial charge in [0.25, 0.3) is 0 Å². The average molecular weight is 194 g/mol. The lowest BCUT2D eigenvalue weighted by atomic mass is 9.96. The van der Waals surface area contributed by atoms with Crippen LogP contribution in [-0.2, 0) is 0 Å². The van der Waals surface area contributed by atoms with Crippen molar-refractivity contribution < 1.29 is 15.3 Å². The van der Waals surface area contributed by atoms with Gasteiger partial charge in [0, 0.05) is 5.56 Å². The minimum absolute atomic E-state index is 0.156. The Morgan fingerprint density at radius 3 is 2.21 bits per heavy atom. The Morgan fingerprint density at radius 2 is 1.57 bits per heavy atom. The number of rotatable bonds is 1. The predicted molar refractivity (Wildman–Crippen MR) is 52.6 cm³/mol. The highest BCUT2D eigenvalue weighted by atomic mass is 16.3. The molecule has 0 radical (unpaired) electrons. The van der Waals surface area contributed by atoms with Gasteiger partial charge in [-0.05, 0) is 24.8 Å². The molecule has 14 heavy (non-hydrogen) atoms. The molecule has 0 spiro atoms. The van der Waals surface area contributed by atoms with E-state index < -0.39 is 5.75 Å². The highest BCUT2D eigenvalue weighted by Crippen LogP contribution is 2.44. The average Bonchev–Trinajstić information content (AvgIpc) is 2.67. The summed E-state index contributed by atoms with van der Waals surface area (Å²) in [4.78, 5) is 0. The number of phenols is 3. The van der Waals surface area contributed by atoms with Crippen LogP contribution in [0.4, 0.5) is 0 Å². The maximum Gasteiger partial charge on any atom is 0.200 e. The second-order valence-electron chi connectivity index (χ2n) is 3.85. The zero-order chi connectivity index (χ0) is 10.1. The van der Waals surface area contributed by atoms with Crippen molar-refractivity contribution in [1.29, 1.82) is 0 Å². The fraction of sp³-hybridized carbons (Fsp3) is 0.455. The van der Waals surface area contributed by atoms with Crippen LogP contribution in [0, 0.1) is 0 Å². The highest BCUT2D eigenvalue weighted by molar-refractivity contribution is 5.54. The van der Waals surface area contributed by atoms with Gasteiger partial charge in [0.1, 0.15) is 0 Å².